The Bertz CT molecular complexity index is 109. The van der Waals surface area contributed by atoms with Gasteiger partial charge in [-0.1, -0.05) is 6.92 Å². The van der Waals surface area contributed by atoms with Crippen LogP contribution in [-0.2, 0) is 9.53 Å². The summed E-state index contributed by atoms with van der Waals surface area (Å²) < 4.78 is 4.77. The van der Waals surface area contributed by atoms with E-state index in [1.807, 2.05) is 0 Å². The molecule has 0 fully saturated rings. The van der Waals surface area contributed by atoms with Gasteiger partial charge in [-0.25, -0.2) is 0 Å². The van der Waals surface area contributed by atoms with Gasteiger partial charge >= 0.3 is 5.97 Å². The number of esters is 1. The normalized spacial score (nSPS) is 16.0. The summed E-state index contributed by atoms with van der Waals surface area (Å²) in [5.41, 5.74) is 0. The van der Waals surface area contributed by atoms with Crippen LogP contribution in [0.15, 0.2) is 0 Å². The van der Waals surface area contributed by atoms with Crippen LogP contribution in [0, 0.1) is 0 Å². The van der Waals surface area contributed by atoms with Gasteiger partial charge in [0.15, 0.2) is 0 Å². The minimum Gasteiger partial charge on any atom is -0.460 e. The van der Waals surface area contributed by atoms with E-state index in [1.54, 1.807) is 20.8 Å². The van der Waals surface area contributed by atoms with Crippen molar-refractivity contribution in [2.75, 3.05) is 0 Å². The lowest BCUT2D eigenvalue weighted by Gasteiger charge is -2.14. The van der Waals surface area contributed by atoms with Crippen LogP contribution in [0.2, 0.25) is 0 Å². The van der Waals surface area contributed by atoms with Crippen molar-refractivity contribution < 1.29 is 14.6 Å². The van der Waals surface area contributed by atoms with Crippen LogP contribution >= 0.6 is 0 Å². The van der Waals surface area contributed by atoms with Crippen LogP contribution in [0.5, 0.6) is 0 Å². The van der Waals surface area contributed by atoms with Gasteiger partial charge in [-0.3, -0.25) is 4.79 Å². The molecule has 3 nitrogen and oxygen atoms in total. The Hall–Kier alpha value is -0.570. The van der Waals surface area contributed by atoms with E-state index in [0.29, 0.717) is 6.42 Å². The smallest absolute Gasteiger partial charge is 0.305 e. The monoisotopic (exact) mass is 146 g/mol. The highest BCUT2D eigenvalue weighted by Crippen LogP contribution is 1.98. The maximum absolute atomic E-state index is 10.6. The van der Waals surface area contributed by atoms with E-state index in [1.165, 1.54) is 0 Å². The Kier molecular flexibility index (Phi) is 4.03. The van der Waals surface area contributed by atoms with Gasteiger partial charge in [0.2, 0.25) is 0 Å². The first-order valence-corrected chi connectivity index (χ1v) is 3.45. The Balaban J connectivity index is 3.57. The molecule has 0 saturated carbocycles. The lowest BCUT2D eigenvalue weighted by molar-refractivity contribution is -0.152. The maximum Gasteiger partial charge on any atom is 0.305 e. The SMILES string of the molecule is CCC(=O)O[C@@H](C)[C@@H](C)O. The first-order chi connectivity index (χ1) is 4.57. The molecule has 3 heteroatoms. The first-order valence-electron chi connectivity index (χ1n) is 3.45. The molecular weight excluding hydrogens is 132 g/mol. The highest BCUT2D eigenvalue weighted by molar-refractivity contribution is 5.69. The fourth-order valence-electron chi connectivity index (χ4n) is 0.389. The lowest BCUT2D eigenvalue weighted by atomic mass is 10.2. The van der Waals surface area contributed by atoms with Crippen LogP contribution in [0.3, 0.4) is 0 Å². The van der Waals surface area contributed by atoms with Crippen LogP contribution in [0.1, 0.15) is 27.2 Å². The number of carbonyl (C=O) groups is 1. The van der Waals surface area contributed by atoms with Crippen molar-refractivity contribution in [3.8, 4) is 0 Å². The number of hydrogen-bond donors (Lipinski definition) is 1. The van der Waals surface area contributed by atoms with Gasteiger partial charge in [0.1, 0.15) is 6.10 Å². The summed E-state index contributed by atoms with van der Waals surface area (Å²) in [5.74, 6) is -0.270. The van der Waals surface area contributed by atoms with E-state index in [4.69, 9.17) is 9.84 Å². The second-order valence-electron chi connectivity index (χ2n) is 2.29. The third-order valence-electron chi connectivity index (χ3n) is 1.29. The lowest BCUT2D eigenvalue weighted by Crippen LogP contribution is -2.25. The highest BCUT2D eigenvalue weighted by atomic mass is 16.6. The van der Waals surface area contributed by atoms with Gasteiger partial charge in [0.05, 0.1) is 6.10 Å². The third-order valence-corrected chi connectivity index (χ3v) is 1.29. The molecule has 2 atom stereocenters. The third kappa shape index (κ3) is 3.45. The number of hydrogen-bond acceptors (Lipinski definition) is 3. The van der Waals surface area contributed by atoms with Crippen LogP contribution < -0.4 is 0 Å². The number of ether oxygens (including phenoxy) is 1. The van der Waals surface area contributed by atoms with Gasteiger partial charge in [0, 0.05) is 6.42 Å². The summed E-state index contributed by atoms with van der Waals surface area (Å²) in [6, 6.07) is 0. The maximum atomic E-state index is 10.6. The van der Waals surface area contributed by atoms with Crippen molar-refractivity contribution in [3.05, 3.63) is 0 Å². The van der Waals surface area contributed by atoms with Gasteiger partial charge in [0.25, 0.3) is 0 Å². The molecule has 60 valence electrons. The molecule has 0 radical (unpaired) electrons. The molecule has 0 heterocycles. The van der Waals surface area contributed by atoms with E-state index >= 15 is 0 Å². The summed E-state index contributed by atoms with van der Waals surface area (Å²) in [6.07, 6.45) is -0.625. The second kappa shape index (κ2) is 4.28. The molecule has 0 amide bonds. The van der Waals surface area contributed by atoms with Crippen molar-refractivity contribution >= 4 is 5.97 Å². The summed E-state index contributed by atoms with van der Waals surface area (Å²) in [7, 11) is 0. The Morgan fingerprint density at radius 1 is 1.60 bits per heavy atom. The minimum atomic E-state index is -0.588. The summed E-state index contributed by atoms with van der Waals surface area (Å²) in [5, 5.41) is 8.89. The van der Waals surface area contributed by atoms with E-state index in [9.17, 15) is 4.79 Å². The van der Waals surface area contributed by atoms with Crippen LogP contribution in [0.4, 0.5) is 0 Å². The van der Waals surface area contributed by atoms with Crippen molar-refractivity contribution in [2.45, 2.75) is 39.4 Å². The average molecular weight is 146 g/mol. The zero-order valence-corrected chi connectivity index (χ0v) is 6.63. The zero-order valence-electron chi connectivity index (χ0n) is 6.63. The predicted molar refractivity (Wildman–Crippen MR) is 37.5 cm³/mol. The molecule has 0 aromatic carbocycles. The summed E-state index contributed by atoms with van der Waals surface area (Å²) >= 11 is 0. The molecule has 0 aliphatic carbocycles. The van der Waals surface area contributed by atoms with E-state index in [2.05, 4.69) is 0 Å². The largest absolute Gasteiger partial charge is 0.460 e. The van der Waals surface area contributed by atoms with Crippen molar-refractivity contribution in [2.24, 2.45) is 0 Å². The number of aliphatic hydroxyl groups is 1. The molecule has 0 unspecified atom stereocenters. The van der Waals surface area contributed by atoms with E-state index in [-0.39, 0.29) is 5.97 Å². The van der Waals surface area contributed by atoms with E-state index < -0.39 is 12.2 Å². The molecule has 0 spiro atoms. The molecule has 0 aliphatic heterocycles. The standard InChI is InChI=1S/C7H14O3/c1-4-7(9)10-6(3)5(2)8/h5-6,8H,4H2,1-3H3/t5-,6+/m1/s1. The Morgan fingerprint density at radius 2 is 2.10 bits per heavy atom. The summed E-state index contributed by atoms with van der Waals surface area (Å²) in [4.78, 5) is 10.6. The molecule has 0 rings (SSSR count). The number of aliphatic hydroxyl groups excluding tert-OH is 1. The zero-order chi connectivity index (χ0) is 8.15. The highest BCUT2D eigenvalue weighted by Gasteiger charge is 2.11. The molecule has 0 aromatic heterocycles. The fourth-order valence-corrected chi connectivity index (χ4v) is 0.389. The molecular formula is C7H14O3. The molecule has 0 aliphatic rings. The summed E-state index contributed by atoms with van der Waals surface area (Å²) in [6.45, 7) is 4.98. The predicted octanol–water partition coefficient (Wildman–Crippen LogP) is 0.709. The van der Waals surface area contributed by atoms with Crippen LogP contribution in [0.25, 0.3) is 0 Å². The average Bonchev–Trinajstić information content (AvgIpc) is 1.87. The van der Waals surface area contributed by atoms with Crippen molar-refractivity contribution in [1.82, 2.24) is 0 Å². The molecule has 10 heavy (non-hydrogen) atoms. The van der Waals surface area contributed by atoms with Gasteiger partial charge < -0.3 is 9.84 Å². The topological polar surface area (TPSA) is 46.5 Å². The van der Waals surface area contributed by atoms with Gasteiger partial charge in [-0.15, -0.1) is 0 Å². The molecule has 0 saturated heterocycles. The second-order valence-corrected chi connectivity index (χ2v) is 2.29. The van der Waals surface area contributed by atoms with E-state index in [0.717, 1.165) is 0 Å². The van der Waals surface area contributed by atoms with Gasteiger partial charge in [-0.2, -0.15) is 0 Å². The van der Waals surface area contributed by atoms with Crippen LogP contribution in [-0.4, -0.2) is 23.3 Å². The molecule has 0 bridgehead atoms. The molecule has 0 aromatic rings. The molecule has 1 N–H and O–H groups in total. The fraction of sp³-hybridized carbons (Fsp3) is 0.857. The number of rotatable bonds is 3. The van der Waals surface area contributed by atoms with Gasteiger partial charge in [-0.05, 0) is 13.8 Å². The minimum absolute atomic E-state index is 0.270. The quantitative estimate of drug-likeness (QED) is 0.596. The Morgan fingerprint density at radius 3 is 2.40 bits per heavy atom. The number of carbonyl (C=O) groups excluding carboxylic acids is 1. The van der Waals surface area contributed by atoms with Crippen molar-refractivity contribution in [1.29, 1.82) is 0 Å². The first kappa shape index (κ1) is 9.43. The van der Waals surface area contributed by atoms with Crippen molar-refractivity contribution in [3.63, 3.8) is 0 Å². The Labute approximate surface area is 61.0 Å².